The molecule has 1 aliphatic heterocycles. The van der Waals surface area contributed by atoms with Gasteiger partial charge in [-0.3, -0.25) is 0 Å². The normalized spacial score (nSPS) is 16.5. The summed E-state index contributed by atoms with van der Waals surface area (Å²) < 4.78 is 10.8. The van der Waals surface area contributed by atoms with E-state index >= 15 is 0 Å². The Bertz CT molecular complexity index is 727. The van der Waals surface area contributed by atoms with Crippen LogP contribution in [-0.2, 0) is 11.2 Å². The molecule has 2 aromatic rings. The molecule has 22 heavy (non-hydrogen) atoms. The van der Waals surface area contributed by atoms with E-state index < -0.39 is 5.97 Å². The number of hydrogen-bond acceptors (Lipinski definition) is 4. The number of rotatable bonds is 2. The van der Waals surface area contributed by atoms with E-state index in [1.807, 2.05) is 12.1 Å². The summed E-state index contributed by atoms with van der Waals surface area (Å²) in [6, 6.07) is 10.3. The first-order valence-corrected chi connectivity index (χ1v) is 7.33. The molecule has 1 unspecified atom stereocenters. The van der Waals surface area contributed by atoms with Gasteiger partial charge in [0.15, 0.2) is 0 Å². The second kappa shape index (κ2) is 5.89. The van der Waals surface area contributed by atoms with Crippen molar-refractivity contribution in [3.05, 3.63) is 58.1 Å². The molecule has 2 aromatic carbocycles. The number of esters is 1. The number of methoxy groups -OCH3 is 1. The summed E-state index contributed by atoms with van der Waals surface area (Å²) in [6.45, 7) is 0. The lowest BCUT2D eigenvalue weighted by molar-refractivity contribution is 0.0590. The average Bonchev–Trinajstić information content (AvgIpc) is 2.53. The Morgan fingerprint density at radius 2 is 2.18 bits per heavy atom. The number of halogens is 1. The number of hydrogen-bond donors (Lipinski definition) is 1. The Hall–Kier alpha value is -2.20. The third-order valence-electron chi connectivity index (χ3n) is 3.77. The summed E-state index contributed by atoms with van der Waals surface area (Å²) in [5.74, 6) is 0.240. The maximum Gasteiger partial charge on any atom is 0.341 e. The number of aryl methyl sites for hydroxylation is 1. The number of benzene rings is 2. The predicted molar refractivity (Wildman–Crippen MR) is 82.6 cm³/mol. The lowest BCUT2D eigenvalue weighted by Gasteiger charge is -2.28. The summed E-state index contributed by atoms with van der Waals surface area (Å²) in [6.07, 6.45) is 1.27. The van der Waals surface area contributed by atoms with Gasteiger partial charge in [0.1, 0.15) is 23.2 Å². The van der Waals surface area contributed by atoms with Crippen molar-refractivity contribution in [2.45, 2.75) is 18.9 Å². The van der Waals surface area contributed by atoms with E-state index in [0.29, 0.717) is 16.3 Å². The maximum atomic E-state index is 11.9. The van der Waals surface area contributed by atoms with E-state index in [9.17, 15) is 9.90 Å². The van der Waals surface area contributed by atoms with Crippen LogP contribution in [-0.4, -0.2) is 18.2 Å². The highest BCUT2D eigenvalue weighted by Gasteiger charge is 2.27. The van der Waals surface area contributed by atoms with Gasteiger partial charge >= 0.3 is 5.97 Å². The monoisotopic (exact) mass is 318 g/mol. The van der Waals surface area contributed by atoms with Gasteiger partial charge in [0.2, 0.25) is 0 Å². The second-order valence-corrected chi connectivity index (χ2v) is 5.54. The highest BCUT2D eigenvalue weighted by atomic mass is 35.5. The molecule has 1 heterocycles. The van der Waals surface area contributed by atoms with Crippen LogP contribution in [0, 0.1) is 0 Å². The lowest BCUT2D eigenvalue weighted by Crippen LogP contribution is -2.18. The van der Waals surface area contributed by atoms with Crippen LogP contribution in [0.4, 0.5) is 0 Å². The molecule has 0 bridgehead atoms. The van der Waals surface area contributed by atoms with Crippen LogP contribution in [0.5, 0.6) is 11.5 Å². The SMILES string of the molecule is COC(=O)c1cccc2c1OC(c1ccc(O)cc1Cl)CC2. The third-order valence-corrected chi connectivity index (χ3v) is 4.10. The summed E-state index contributed by atoms with van der Waals surface area (Å²) in [4.78, 5) is 11.9. The maximum absolute atomic E-state index is 11.9. The Labute approximate surface area is 133 Å². The summed E-state index contributed by atoms with van der Waals surface area (Å²) in [5.41, 5.74) is 2.19. The minimum absolute atomic E-state index is 0.111. The molecule has 0 fully saturated rings. The minimum atomic E-state index is -0.422. The molecule has 0 radical (unpaired) electrons. The largest absolute Gasteiger partial charge is 0.508 e. The quantitative estimate of drug-likeness (QED) is 0.853. The summed E-state index contributed by atoms with van der Waals surface area (Å²) in [5, 5.41) is 9.90. The van der Waals surface area contributed by atoms with Gasteiger partial charge in [-0.2, -0.15) is 0 Å². The van der Waals surface area contributed by atoms with E-state index in [2.05, 4.69) is 0 Å². The summed E-state index contributed by atoms with van der Waals surface area (Å²) >= 11 is 6.19. The van der Waals surface area contributed by atoms with Gasteiger partial charge in [-0.05, 0) is 36.6 Å². The summed E-state index contributed by atoms with van der Waals surface area (Å²) in [7, 11) is 1.35. The van der Waals surface area contributed by atoms with Gasteiger partial charge in [0, 0.05) is 5.56 Å². The highest BCUT2D eigenvalue weighted by Crippen LogP contribution is 2.40. The van der Waals surface area contributed by atoms with Crippen molar-refractivity contribution in [2.75, 3.05) is 7.11 Å². The number of carbonyl (C=O) groups excluding carboxylic acids is 1. The molecule has 1 atom stereocenters. The van der Waals surface area contributed by atoms with Gasteiger partial charge in [-0.25, -0.2) is 4.79 Å². The second-order valence-electron chi connectivity index (χ2n) is 5.14. The lowest BCUT2D eigenvalue weighted by atomic mass is 9.95. The van der Waals surface area contributed by atoms with E-state index in [4.69, 9.17) is 21.1 Å². The number of ether oxygens (including phenoxy) is 2. The van der Waals surface area contributed by atoms with Crippen LogP contribution in [0.25, 0.3) is 0 Å². The van der Waals surface area contributed by atoms with Crippen molar-refractivity contribution in [3.63, 3.8) is 0 Å². The third kappa shape index (κ3) is 2.62. The van der Waals surface area contributed by atoms with Gasteiger partial charge < -0.3 is 14.6 Å². The Morgan fingerprint density at radius 3 is 2.91 bits per heavy atom. The van der Waals surface area contributed by atoms with Crippen molar-refractivity contribution >= 4 is 17.6 Å². The van der Waals surface area contributed by atoms with Crippen molar-refractivity contribution in [3.8, 4) is 11.5 Å². The average molecular weight is 319 g/mol. The Balaban J connectivity index is 1.97. The van der Waals surface area contributed by atoms with Crippen LogP contribution < -0.4 is 4.74 Å². The fourth-order valence-corrected chi connectivity index (χ4v) is 2.97. The number of phenolic OH excluding ortho intramolecular Hbond substituents is 1. The molecule has 0 amide bonds. The molecule has 5 heteroatoms. The molecule has 0 saturated carbocycles. The van der Waals surface area contributed by atoms with E-state index in [0.717, 1.165) is 24.0 Å². The van der Waals surface area contributed by atoms with Crippen LogP contribution >= 0.6 is 11.6 Å². The first kappa shape index (κ1) is 14.7. The van der Waals surface area contributed by atoms with Gasteiger partial charge in [0.25, 0.3) is 0 Å². The van der Waals surface area contributed by atoms with Crippen LogP contribution in [0.15, 0.2) is 36.4 Å². The smallest absolute Gasteiger partial charge is 0.341 e. The fourth-order valence-electron chi connectivity index (χ4n) is 2.68. The Morgan fingerprint density at radius 1 is 1.36 bits per heavy atom. The molecule has 3 rings (SSSR count). The van der Waals surface area contributed by atoms with Gasteiger partial charge in [-0.15, -0.1) is 0 Å². The predicted octanol–water partition coefficient (Wildman–Crippen LogP) is 3.90. The zero-order valence-electron chi connectivity index (χ0n) is 12.0. The number of phenols is 1. The number of para-hydroxylation sites is 1. The van der Waals surface area contributed by atoms with Gasteiger partial charge in [-0.1, -0.05) is 29.8 Å². The molecule has 0 aliphatic carbocycles. The highest BCUT2D eigenvalue weighted by molar-refractivity contribution is 6.31. The molecule has 1 N–H and O–H groups in total. The first-order chi connectivity index (χ1) is 10.6. The zero-order chi connectivity index (χ0) is 15.7. The molecule has 4 nitrogen and oxygen atoms in total. The standard InChI is InChI=1S/C17H15ClO4/c1-21-17(20)13-4-2-3-10-5-8-15(22-16(10)13)12-7-6-11(19)9-14(12)18/h2-4,6-7,9,15,19H,5,8H2,1H3. The van der Waals surface area contributed by atoms with Crippen molar-refractivity contribution in [2.24, 2.45) is 0 Å². The fraction of sp³-hybridized carbons (Fsp3) is 0.235. The molecular formula is C17H15ClO4. The molecule has 0 aromatic heterocycles. The van der Waals surface area contributed by atoms with Gasteiger partial charge in [0.05, 0.1) is 12.1 Å². The number of fused-ring (bicyclic) bond motifs is 1. The Kier molecular flexibility index (Phi) is 3.94. The van der Waals surface area contributed by atoms with Crippen LogP contribution in [0.2, 0.25) is 5.02 Å². The van der Waals surface area contributed by atoms with E-state index in [-0.39, 0.29) is 11.9 Å². The molecule has 0 saturated heterocycles. The van der Waals surface area contributed by atoms with Crippen molar-refractivity contribution in [1.29, 1.82) is 0 Å². The molecular weight excluding hydrogens is 304 g/mol. The van der Waals surface area contributed by atoms with Crippen LogP contribution in [0.3, 0.4) is 0 Å². The first-order valence-electron chi connectivity index (χ1n) is 6.95. The van der Waals surface area contributed by atoms with Crippen LogP contribution in [0.1, 0.15) is 34.0 Å². The molecule has 0 spiro atoms. The topological polar surface area (TPSA) is 55.8 Å². The van der Waals surface area contributed by atoms with E-state index in [1.54, 1.807) is 18.2 Å². The zero-order valence-corrected chi connectivity index (χ0v) is 12.8. The minimum Gasteiger partial charge on any atom is -0.508 e. The number of carbonyl (C=O) groups is 1. The molecule has 114 valence electrons. The molecule has 1 aliphatic rings. The van der Waals surface area contributed by atoms with Crippen molar-refractivity contribution in [1.82, 2.24) is 0 Å². The van der Waals surface area contributed by atoms with Crippen molar-refractivity contribution < 1.29 is 19.4 Å². The number of aromatic hydroxyl groups is 1. The van der Waals surface area contributed by atoms with E-state index in [1.165, 1.54) is 13.2 Å².